The molecular formula is C10H14FN2O8P. The zero-order chi connectivity index (χ0) is 16.5. The zero-order valence-electron chi connectivity index (χ0n) is 11.3. The molecule has 22 heavy (non-hydrogen) atoms. The monoisotopic (exact) mass is 340 g/mol. The van der Waals surface area contributed by atoms with Crippen molar-refractivity contribution in [1.82, 2.24) is 9.55 Å². The van der Waals surface area contributed by atoms with E-state index >= 15 is 0 Å². The first kappa shape index (κ1) is 17.0. The zero-order valence-corrected chi connectivity index (χ0v) is 12.2. The van der Waals surface area contributed by atoms with Gasteiger partial charge >= 0.3 is 13.5 Å². The topological polar surface area (TPSA) is 140 Å². The van der Waals surface area contributed by atoms with Crippen LogP contribution in [0.25, 0.3) is 0 Å². The fourth-order valence-electron chi connectivity index (χ4n) is 2.02. The average molecular weight is 340 g/mol. The van der Waals surface area contributed by atoms with Gasteiger partial charge in [0.25, 0.3) is 5.56 Å². The Kier molecular flexibility index (Phi) is 4.95. The number of H-pyrrole nitrogens is 1. The molecule has 1 aromatic heterocycles. The van der Waals surface area contributed by atoms with Gasteiger partial charge < -0.3 is 14.7 Å². The first-order valence-electron chi connectivity index (χ1n) is 6.08. The minimum atomic E-state index is -4.52. The number of ether oxygens (including phenoxy) is 1. The van der Waals surface area contributed by atoms with Gasteiger partial charge in [-0.05, 0) is 0 Å². The Balaban J connectivity index is 2.31. The van der Waals surface area contributed by atoms with Crippen LogP contribution in [0, 0.1) is 0 Å². The van der Waals surface area contributed by atoms with Gasteiger partial charge in [-0.1, -0.05) is 0 Å². The molecular weight excluding hydrogens is 326 g/mol. The Morgan fingerprint density at radius 3 is 2.77 bits per heavy atom. The summed E-state index contributed by atoms with van der Waals surface area (Å²) >= 11 is 0. The molecule has 0 aliphatic carbocycles. The van der Waals surface area contributed by atoms with Crippen molar-refractivity contribution in [3.8, 4) is 0 Å². The number of alkyl halides is 1. The number of rotatable bonds is 5. The summed E-state index contributed by atoms with van der Waals surface area (Å²) in [5.41, 5.74) is -1.61. The highest BCUT2D eigenvalue weighted by atomic mass is 31.2. The number of phosphoric ester groups is 1. The van der Waals surface area contributed by atoms with E-state index in [1.54, 1.807) is 0 Å². The van der Waals surface area contributed by atoms with E-state index < -0.39 is 50.3 Å². The first-order valence-corrected chi connectivity index (χ1v) is 7.57. The van der Waals surface area contributed by atoms with Crippen LogP contribution in [0.3, 0.4) is 0 Å². The minimum Gasteiger partial charge on any atom is -0.394 e. The summed E-state index contributed by atoms with van der Waals surface area (Å²) in [5, 5.41) is 9.17. The second-order valence-corrected chi connectivity index (χ2v) is 5.94. The van der Waals surface area contributed by atoms with Gasteiger partial charge in [-0.25, -0.2) is 13.8 Å². The third-order valence-electron chi connectivity index (χ3n) is 3.06. The fraction of sp³-hybridized carbons (Fsp3) is 0.600. The van der Waals surface area contributed by atoms with Crippen molar-refractivity contribution in [2.75, 3.05) is 13.7 Å². The lowest BCUT2D eigenvalue weighted by molar-refractivity contribution is -0.0490. The third kappa shape index (κ3) is 3.35. The van der Waals surface area contributed by atoms with Crippen molar-refractivity contribution in [2.24, 2.45) is 0 Å². The summed E-state index contributed by atoms with van der Waals surface area (Å²) < 4.78 is 40.5. The molecule has 1 aliphatic heterocycles. The largest absolute Gasteiger partial charge is 0.472 e. The van der Waals surface area contributed by atoms with E-state index in [2.05, 4.69) is 9.05 Å². The molecule has 2 rings (SSSR count). The third-order valence-corrected chi connectivity index (χ3v) is 4.03. The van der Waals surface area contributed by atoms with E-state index in [0.717, 1.165) is 23.9 Å². The molecule has 5 unspecified atom stereocenters. The number of aliphatic hydroxyl groups is 1. The molecule has 1 aliphatic rings. The van der Waals surface area contributed by atoms with Crippen LogP contribution in [0.15, 0.2) is 21.9 Å². The maximum atomic E-state index is 14.4. The van der Waals surface area contributed by atoms with E-state index in [0.29, 0.717) is 0 Å². The lowest BCUT2D eigenvalue weighted by Crippen LogP contribution is -2.36. The van der Waals surface area contributed by atoms with Gasteiger partial charge in [0.05, 0.1) is 6.61 Å². The molecule has 0 amide bonds. The summed E-state index contributed by atoms with van der Waals surface area (Å²) in [6.07, 6.45) is -5.52. The van der Waals surface area contributed by atoms with Crippen LogP contribution in [-0.4, -0.2) is 51.6 Å². The van der Waals surface area contributed by atoms with Gasteiger partial charge in [-0.15, -0.1) is 0 Å². The standard InChI is InChI=1S/C10H14FN2O8P/c1-19-22(17,18)21-8-5(4-14)20-9(7(8)11)13-3-2-6(15)12-10(13)16/h2-3,5,7-9,14H,4H2,1H3,(H,17,18)(H,12,15,16). The summed E-state index contributed by atoms with van der Waals surface area (Å²) in [6.45, 7) is -0.719. The van der Waals surface area contributed by atoms with Crippen LogP contribution >= 0.6 is 7.82 Å². The number of halogens is 1. The average Bonchev–Trinajstić information content (AvgIpc) is 2.76. The molecule has 124 valence electrons. The number of aromatic amines is 1. The molecule has 3 N–H and O–H groups in total. The second-order valence-electron chi connectivity index (χ2n) is 4.43. The Morgan fingerprint density at radius 1 is 1.55 bits per heavy atom. The van der Waals surface area contributed by atoms with Gasteiger partial charge in [0.15, 0.2) is 12.4 Å². The second kappa shape index (κ2) is 6.41. The molecule has 1 aromatic rings. The van der Waals surface area contributed by atoms with Crippen molar-refractivity contribution in [3.05, 3.63) is 33.1 Å². The van der Waals surface area contributed by atoms with E-state index in [1.165, 1.54) is 0 Å². The Hall–Kier alpha value is -1.36. The van der Waals surface area contributed by atoms with Crippen LogP contribution < -0.4 is 11.2 Å². The van der Waals surface area contributed by atoms with Crippen LogP contribution in [0.1, 0.15) is 6.23 Å². The number of phosphoric acid groups is 1. The lowest BCUT2D eigenvalue weighted by atomic mass is 10.1. The highest BCUT2D eigenvalue weighted by molar-refractivity contribution is 7.47. The van der Waals surface area contributed by atoms with E-state index in [4.69, 9.17) is 4.74 Å². The van der Waals surface area contributed by atoms with E-state index in [-0.39, 0.29) is 0 Å². The van der Waals surface area contributed by atoms with Crippen LogP contribution in [0.5, 0.6) is 0 Å². The summed E-state index contributed by atoms with van der Waals surface area (Å²) in [6, 6.07) is 0.978. The van der Waals surface area contributed by atoms with Crippen molar-refractivity contribution in [1.29, 1.82) is 0 Å². The van der Waals surface area contributed by atoms with Crippen LogP contribution in [0.2, 0.25) is 0 Å². The summed E-state index contributed by atoms with van der Waals surface area (Å²) in [5.74, 6) is 0. The highest BCUT2D eigenvalue weighted by Crippen LogP contribution is 2.48. The maximum absolute atomic E-state index is 14.4. The minimum absolute atomic E-state index is 0.680. The number of hydrogen-bond acceptors (Lipinski definition) is 7. The van der Waals surface area contributed by atoms with Gasteiger partial charge in [0, 0.05) is 19.4 Å². The lowest BCUT2D eigenvalue weighted by Gasteiger charge is -2.20. The smallest absolute Gasteiger partial charge is 0.394 e. The van der Waals surface area contributed by atoms with Crippen molar-refractivity contribution >= 4 is 7.82 Å². The van der Waals surface area contributed by atoms with Gasteiger partial charge in [-0.2, -0.15) is 0 Å². The molecule has 2 heterocycles. The Labute approximate surface area is 122 Å². The van der Waals surface area contributed by atoms with Crippen molar-refractivity contribution in [2.45, 2.75) is 24.6 Å². The molecule has 5 atom stereocenters. The van der Waals surface area contributed by atoms with Crippen LogP contribution in [-0.2, 0) is 18.3 Å². The number of aromatic nitrogens is 2. The van der Waals surface area contributed by atoms with Crippen LogP contribution in [0.4, 0.5) is 4.39 Å². The molecule has 1 fully saturated rings. The Morgan fingerprint density at radius 2 is 2.23 bits per heavy atom. The van der Waals surface area contributed by atoms with E-state index in [9.17, 15) is 28.5 Å². The molecule has 0 bridgehead atoms. The molecule has 1 saturated heterocycles. The Bertz CT molecular complexity index is 690. The number of nitrogens with zero attached hydrogens (tertiary/aromatic N) is 1. The number of aliphatic hydroxyl groups excluding tert-OH is 1. The molecule has 12 heteroatoms. The van der Waals surface area contributed by atoms with Gasteiger partial charge in [0.2, 0.25) is 0 Å². The maximum Gasteiger partial charge on any atom is 0.472 e. The van der Waals surface area contributed by atoms with Crippen molar-refractivity contribution < 1.29 is 32.7 Å². The molecule has 0 spiro atoms. The fourth-order valence-corrected chi connectivity index (χ4v) is 2.66. The molecule has 0 saturated carbocycles. The summed E-state index contributed by atoms with van der Waals surface area (Å²) in [4.78, 5) is 33.8. The van der Waals surface area contributed by atoms with Crippen molar-refractivity contribution in [3.63, 3.8) is 0 Å². The number of nitrogens with one attached hydrogen (secondary N) is 1. The molecule has 10 nitrogen and oxygen atoms in total. The van der Waals surface area contributed by atoms with Gasteiger partial charge in [-0.3, -0.25) is 23.4 Å². The normalized spacial score (nSPS) is 31.1. The SMILES string of the molecule is COP(=O)(O)OC1C(CO)OC(n2ccc(=O)[nH]c2=O)C1F. The number of hydrogen-bond donors (Lipinski definition) is 3. The highest BCUT2D eigenvalue weighted by Gasteiger charge is 2.50. The first-order chi connectivity index (χ1) is 10.3. The molecule has 0 aromatic carbocycles. The quantitative estimate of drug-likeness (QED) is 0.574. The van der Waals surface area contributed by atoms with E-state index in [1.807, 2.05) is 4.98 Å². The summed E-state index contributed by atoms with van der Waals surface area (Å²) in [7, 11) is -3.63. The molecule has 0 radical (unpaired) electrons. The predicted molar refractivity (Wildman–Crippen MR) is 68.9 cm³/mol. The van der Waals surface area contributed by atoms with Gasteiger partial charge in [0.1, 0.15) is 12.2 Å². The predicted octanol–water partition coefficient (Wildman–Crippen LogP) is -1.10.